The van der Waals surface area contributed by atoms with Crippen LogP contribution in [0.2, 0.25) is 5.02 Å². The first-order chi connectivity index (χ1) is 9.54. The maximum Gasteiger partial charge on any atom is 0.101 e. The Morgan fingerprint density at radius 1 is 1.10 bits per heavy atom. The average molecular weight is 305 g/mol. The van der Waals surface area contributed by atoms with Crippen LogP contribution < -0.4 is 0 Å². The van der Waals surface area contributed by atoms with Crippen molar-refractivity contribution in [2.24, 2.45) is 4.99 Å². The third-order valence-corrected chi connectivity index (χ3v) is 3.89. The van der Waals surface area contributed by atoms with Crippen LogP contribution in [0.3, 0.4) is 0 Å². The highest BCUT2D eigenvalue weighted by Crippen LogP contribution is 2.24. The largest absolute Gasteiger partial charge is 0.306 e. The fourth-order valence-corrected chi connectivity index (χ4v) is 2.61. The summed E-state index contributed by atoms with van der Waals surface area (Å²) in [5, 5.41) is 0.740. The summed E-state index contributed by atoms with van der Waals surface area (Å²) in [6, 6.07) is 14.1. The first-order valence-corrected chi connectivity index (χ1v) is 7.47. The molecule has 0 aliphatic heterocycles. The van der Waals surface area contributed by atoms with E-state index in [-0.39, 0.29) is 0 Å². The van der Waals surface area contributed by atoms with Crippen LogP contribution in [0.15, 0.2) is 52.4 Å². The van der Waals surface area contributed by atoms with E-state index >= 15 is 0 Å². The highest BCUT2D eigenvalue weighted by Gasteiger charge is 1.99. The normalized spacial score (nSPS) is 11.0. The summed E-state index contributed by atoms with van der Waals surface area (Å²) in [7, 11) is 1.99. The SMILES string of the molecule is Cc1ccc(SN(C)C=Nc2ccc(Cl)cc2C)cc1. The number of aliphatic imine (C=N–C) groups is 1. The molecule has 0 fully saturated rings. The van der Waals surface area contributed by atoms with E-state index in [2.05, 4.69) is 36.2 Å². The molecule has 0 saturated heterocycles. The fraction of sp³-hybridized carbons (Fsp3) is 0.188. The van der Waals surface area contributed by atoms with E-state index in [0.717, 1.165) is 16.3 Å². The second-order valence-electron chi connectivity index (χ2n) is 4.63. The molecule has 0 aromatic heterocycles. The number of halogens is 1. The van der Waals surface area contributed by atoms with Crippen LogP contribution in [-0.2, 0) is 0 Å². The first kappa shape index (κ1) is 14.9. The van der Waals surface area contributed by atoms with Gasteiger partial charge in [0, 0.05) is 17.0 Å². The van der Waals surface area contributed by atoms with E-state index in [0.29, 0.717) is 0 Å². The molecule has 0 radical (unpaired) electrons. The number of hydrogen-bond donors (Lipinski definition) is 0. The number of hydrogen-bond acceptors (Lipinski definition) is 2. The molecule has 2 rings (SSSR count). The van der Waals surface area contributed by atoms with Gasteiger partial charge in [0.2, 0.25) is 0 Å². The molecule has 0 unspecified atom stereocenters. The lowest BCUT2D eigenvalue weighted by atomic mass is 10.2. The molecule has 0 spiro atoms. The smallest absolute Gasteiger partial charge is 0.101 e. The maximum atomic E-state index is 5.93. The summed E-state index contributed by atoms with van der Waals surface area (Å²) in [6.45, 7) is 4.09. The van der Waals surface area contributed by atoms with Crippen LogP contribution in [0.1, 0.15) is 11.1 Å². The molecule has 104 valence electrons. The average Bonchev–Trinajstić information content (AvgIpc) is 2.40. The zero-order chi connectivity index (χ0) is 14.5. The zero-order valence-corrected chi connectivity index (χ0v) is 13.4. The Balaban J connectivity index is 2.01. The van der Waals surface area contributed by atoms with Gasteiger partial charge in [-0.05, 0) is 61.7 Å². The third-order valence-electron chi connectivity index (χ3n) is 2.79. The van der Waals surface area contributed by atoms with Gasteiger partial charge in [0.15, 0.2) is 0 Å². The monoisotopic (exact) mass is 304 g/mol. The Hall–Kier alpha value is -1.45. The van der Waals surface area contributed by atoms with Crippen LogP contribution in [0.5, 0.6) is 0 Å². The van der Waals surface area contributed by atoms with Gasteiger partial charge in [0.25, 0.3) is 0 Å². The lowest BCUT2D eigenvalue weighted by molar-refractivity contribution is 0.869. The van der Waals surface area contributed by atoms with E-state index in [1.807, 2.05) is 42.8 Å². The molecular weight excluding hydrogens is 288 g/mol. The second kappa shape index (κ2) is 6.82. The van der Waals surface area contributed by atoms with Crippen molar-refractivity contribution in [3.05, 3.63) is 58.6 Å². The van der Waals surface area contributed by atoms with Gasteiger partial charge in [-0.1, -0.05) is 29.3 Å². The summed E-state index contributed by atoms with van der Waals surface area (Å²) in [6.07, 6.45) is 1.82. The minimum Gasteiger partial charge on any atom is -0.306 e. The Labute approximate surface area is 129 Å². The minimum atomic E-state index is 0.740. The van der Waals surface area contributed by atoms with Gasteiger partial charge >= 0.3 is 0 Å². The third kappa shape index (κ3) is 4.29. The molecular formula is C16H17ClN2S. The number of rotatable bonds is 4. The predicted octanol–water partition coefficient (Wildman–Crippen LogP) is 5.26. The molecule has 2 aromatic rings. The molecule has 4 heteroatoms. The van der Waals surface area contributed by atoms with Crippen LogP contribution in [0, 0.1) is 13.8 Å². The van der Waals surface area contributed by atoms with Crippen molar-refractivity contribution in [1.82, 2.24) is 4.31 Å². The van der Waals surface area contributed by atoms with E-state index in [1.54, 1.807) is 11.9 Å². The van der Waals surface area contributed by atoms with E-state index in [4.69, 9.17) is 11.6 Å². The Morgan fingerprint density at radius 2 is 1.80 bits per heavy atom. The Kier molecular flexibility index (Phi) is 5.10. The van der Waals surface area contributed by atoms with Gasteiger partial charge in [0.1, 0.15) is 6.34 Å². The quantitative estimate of drug-likeness (QED) is 0.435. The van der Waals surface area contributed by atoms with Crippen LogP contribution in [-0.4, -0.2) is 17.7 Å². The Bertz CT molecular complexity index is 608. The molecule has 0 aliphatic rings. The van der Waals surface area contributed by atoms with Gasteiger partial charge in [-0.2, -0.15) is 0 Å². The molecule has 2 nitrogen and oxygen atoms in total. The number of benzene rings is 2. The zero-order valence-electron chi connectivity index (χ0n) is 11.8. The molecule has 0 N–H and O–H groups in total. The van der Waals surface area contributed by atoms with Gasteiger partial charge in [-0.3, -0.25) is 0 Å². The van der Waals surface area contributed by atoms with Crippen molar-refractivity contribution in [1.29, 1.82) is 0 Å². The predicted molar refractivity (Wildman–Crippen MR) is 89.1 cm³/mol. The summed E-state index contributed by atoms with van der Waals surface area (Å²) in [4.78, 5) is 5.67. The van der Waals surface area contributed by atoms with E-state index < -0.39 is 0 Å². The molecule has 0 aliphatic carbocycles. The van der Waals surface area contributed by atoms with E-state index in [1.165, 1.54) is 10.5 Å². The standard InChI is InChI=1S/C16H17ClN2S/c1-12-4-7-15(8-5-12)20-19(3)11-18-16-9-6-14(17)10-13(16)2/h4-11H,1-3H3. The second-order valence-corrected chi connectivity index (χ2v) is 6.29. The Morgan fingerprint density at radius 3 is 2.45 bits per heavy atom. The van der Waals surface area contributed by atoms with Gasteiger partial charge in [0.05, 0.1) is 5.69 Å². The lowest BCUT2D eigenvalue weighted by Crippen LogP contribution is -2.04. The fourth-order valence-electron chi connectivity index (χ4n) is 1.70. The van der Waals surface area contributed by atoms with E-state index in [9.17, 15) is 0 Å². The molecule has 0 saturated carbocycles. The molecule has 20 heavy (non-hydrogen) atoms. The van der Waals surface area contributed by atoms with Crippen LogP contribution in [0.4, 0.5) is 5.69 Å². The lowest BCUT2D eigenvalue weighted by Gasteiger charge is -2.11. The van der Waals surface area contributed by atoms with Crippen LogP contribution in [0.25, 0.3) is 0 Å². The highest BCUT2D eigenvalue weighted by atomic mass is 35.5. The molecule has 0 heterocycles. The van der Waals surface area contributed by atoms with Crippen molar-refractivity contribution in [3.63, 3.8) is 0 Å². The van der Waals surface area contributed by atoms with Crippen LogP contribution >= 0.6 is 23.5 Å². The molecule has 0 atom stereocenters. The van der Waals surface area contributed by atoms with Crippen molar-refractivity contribution < 1.29 is 0 Å². The summed E-state index contributed by atoms with van der Waals surface area (Å²) in [5.41, 5.74) is 3.27. The van der Waals surface area contributed by atoms with Gasteiger partial charge < -0.3 is 4.31 Å². The summed E-state index contributed by atoms with van der Waals surface area (Å²) < 4.78 is 1.98. The van der Waals surface area contributed by atoms with Gasteiger partial charge in [-0.15, -0.1) is 0 Å². The molecule has 2 aromatic carbocycles. The summed E-state index contributed by atoms with van der Waals surface area (Å²) in [5.74, 6) is 0. The van der Waals surface area contributed by atoms with Gasteiger partial charge in [-0.25, -0.2) is 4.99 Å². The first-order valence-electron chi connectivity index (χ1n) is 6.32. The molecule has 0 bridgehead atoms. The van der Waals surface area contributed by atoms with Crippen molar-refractivity contribution in [2.45, 2.75) is 18.7 Å². The maximum absolute atomic E-state index is 5.93. The number of aryl methyl sites for hydroxylation is 2. The van der Waals surface area contributed by atoms with Crippen molar-refractivity contribution in [2.75, 3.05) is 7.05 Å². The van der Waals surface area contributed by atoms with Crippen molar-refractivity contribution >= 4 is 35.6 Å². The minimum absolute atomic E-state index is 0.740. The topological polar surface area (TPSA) is 15.6 Å². The summed E-state index contributed by atoms with van der Waals surface area (Å²) >= 11 is 7.57. The number of nitrogens with zero attached hydrogens (tertiary/aromatic N) is 2. The molecule has 0 amide bonds. The van der Waals surface area contributed by atoms with Crippen molar-refractivity contribution in [3.8, 4) is 0 Å². The highest BCUT2D eigenvalue weighted by molar-refractivity contribution is 7.97.